The van der Waals surface area contributed by atoms with Gasteiger partial charge in [-0.05, 0) is 47.9 Å². The zero-order chi connectivity index (χ0) is 27.0. The molecule has 0 radical (unpaired) electrons. The first kappa shape index (κ1) is 22.8. The molecule has 0 unspecified atom stereocenters. The SMILES string of the molecule is O=C1c2c(c3c4ccccc4ccn3c2C(=O)N2c3ccccc3Sc3ccccc32)C(=O)N1c1ccccc1. The fourth-order valence-electron chi connectivity index (χ4n) is 5.80. The van der Waals surface area contributed by atoms with Crippen molar-refractivity contribution in [2.75, 3.05) is 9.80 Å². The Kier molecular flexibility index (Phi) is 4.81. The molecule has 2 aliphatic rings. The monoisotopic (exact) mass is 537 g/mol. The molecule has 0 N–H and O–H groups in total. The van der Waals surface area contributed by atoms with Crippen LogP contribution in [0.25, 0.3) is 16.3 Å². The number of fused-ring (bicyclic) bond motifs is 7. The molecule has 6 nitrogen and oxygen atoms in total. The number of pyridine rings is 1. The van der Waals surface area contributed by atoms with Gasteiger partial charge in [-0.25, -0.2) is 4.90 Å². The van der Waals surface area contributed by atoms with Crippen LogP contribution in [0, 0.1) is 0 Å². The summed E-state index contributed by atoms with van der Waals surface area (Å²) in [4.78, 5) is 47.7. The first-order valence-corrected chi connectivity index (χ1v) is 13.6. The molecule has 0 fully saturated rings. The number of rotatable bonds is 2. The average Bonchev–Trinajstić information content (AvgIpc) is 3.48. The summed E-state index contributed by atoms with van der Waals surface area (Å²) in [5.74, 6) is -1.31. The Labute approximate surface area is 233 Å². The van der Waals surface area contributed by atoms with Crippen LogP contribution in [-0.2, 0) is 0 Å². The van der Waals surface area contributed by atoms with Gasteiger partial charge in [0.25, 0.3) is 17.7 Å². The molecule has 190 valence electrons. The van der Waals surface area contributed by atoms with Crippen LogP contribution in [0.15, 0.2) is 125 Å². The summed E-state index contributed by atoms with van der Waals surface area (Å²) >= 11 is 1.60. The van der Waals surface area contributed by atoms with Crippen LogP contribution in [-0.4, -0.2) is 22.1 Å². The molecule has 0 aliphatic carbocycles. The van der Waals surface area contributed by atoms with Crippen LogP contribution >= 0.6 is 11.8 Å². The van der Waals surface area contributed by atoms with Crippen LogP contribution in [0.5, 0.6) is 0 Å². The van der Waals surface area contributed by atoms with Crippen LogP contribution in [0.2, 0.25) is 0 Å². The van der Waals surface area contributed by atoms with Crippen molar-refractivity contribution < 1.29 is 14.4 Å². The van der Waals surface area contributed by atoms with Gasteiger partial charge in [0.1, 0.15) is 5.69 Å². The third-order valence-electron chi connectivity index (χ3n) is 7.51. The van der Waals surface area contributed by atoms with Crippen molar-refractivity contribution in [2.45, 2.75) is 9.79 Å². The molecule has 2 aromatic heterocycles. The van der Waals surface area contributed by atoms with E-state index in [1.165, 1.54) is 4.90 Å². The molecule has 0 saturated heterocycles. The first-order chi connectivity index (χ1) is 19.6. The number of carbonyl (C=O) groups excluding carboxylic acids is 3. The predicted molar refractivity (Wildman–Crippen MR) is 156 cm³/mol. The highest BCUT2D eigenvalue weighted by Gasteiger charge is 2.46. The van der Waals surface area contributed by atoms with Crippen molar-refractivity contribution in [3.05, 3.63) is 132 Å². The molecule has 2 aliphatic heterocycles. The minimum Gasteiger partial charge on any atom is -0.310 e. The van der Waals surface area contributed by atoms with Crippen molar-refractivity contribution in [1.29, 1.82) is 0 Å². The van der Waals surface area contributed by atoms with Gasteiger partial charge >= 0.3 is 0 Å². The molecule has 40 heavy (non-hydrogen) atoms. The van der Waals surface area contributed by atoms with Gasteiger partial charge in [-0.1, -0.05) is 78.5 Å². The minimum atomic E-state index is -0.504. The van der Waals surface area contributed by atoms with Crippen LogP contribution < -0.4 is 9.80 Å². The van der Waals surface area contributed by atoms with Gasteiger partial charge in [0, 0.05) is 21.4 Å². The van der Waals surface area contributed by atoms with Gasteiger partial charge in [0.2, 0.25) is 0 Å². The third-order valence-corrected chi connectivity index (χ3v) is 8.64. The molecule has 0 atom stereocenters. The number of amides is 3. The minimum absolute atomic E-state index is 0.128. The molecular weight excluding hydrogens is 518 g/mol. The zero-order valence-electron chi connectivity index (χ0n) is 20.9. The quantitative estimate of drug-likeness (QED) is 0.217. The third kappa shape index (κ3) is 3.03. The summed E-state index contributed by atoms with van der Waals surface area (Å²) in [5.41, 5.74) is 3.04. The molecule has 3 amide bonds. The standard InChI is InChI=1S/C33H19N3O3S/c37-31-27-28(32(38)35(31)21-11-2-1-3-12-21)30(34-19-18-20-10-4-5-13-22(20)29(27)34)33(39)36-23-14-6-8-16-25(23)40-26-17-9-7-15-24(26)36/h1-19H. The Balaban J connectivity index is 1.44. The Hall–Kier alpha value is -5.14. The second kappa shape index (κ2) is 8.43. The number of anilines is 3. The molecule has 4 aromatic carbocycles. The number of benzene rings is 4. The van der Waals surface area contributed by atoms with Crippen LogP contribution in [0.1, 0.15) is 31.2 Å². The number of hydrogen-bond donors (Lipinski definition) is 0. The van der Waals surface area contributed by atoms with E-state index in [1.54, 1.807) is 51.5 Å². The fourth-order valence-corrected chi connectivity index (χ4v) is 6.86. The van der Waals surface area contributed by atoms with E-state index < -0.39 is 11.8 Å². The molecule has 0 saturated carbocycles. The summed E-state index contributed by atoms with van der Waals surface area (Å²) in [6.07, 6.45) is 1.78. The maximum atomic E-state index is 14.8. The number of hydrogen-bond acceptors (Lipinski definition) is 4. The summed E-state index contributed by atoms with van der Waals surface area (Å²) in [7, 11) is 0. The summed E-state index contributed by atoms with van der Waals surface area (Å²) in [5, 5.41) is 1.71. The molecular formula is C33H19N3O3S. The number of imide groups is 1. The lowest BCUT2D eigenvalue weighted by atomic mass is 10.1. The molecule has 6 aromatic rings. The lowest BCUT2D eigenvalue weighted by Crippen LogP contribution is -2.33. The second-order valence-corrected chi connectivity index (χ2v) is 10.8. The zero-order valence-corrected chi connectivity index (χ0v) is 21.8. The Morgan fingerprint density at radius 3 is 1.95 bits per heavy atom. The number of carbonyl (C=O) groups is 3. The van der Waals surface area contributed by atoms with Crippen molar-refractivity contribution in [1.82, 2.24) is 4.40 Å². The molecule has 0 bridgehead atoms. The van der Waals surface area contributed by atoms with Crippen molar-refractivity contribution in [2.24, 2.45) is 0 Å². The number of nitrogens with zero attached hydrogens (tertiary/aromatic N) is 3. The van der Waals surface area contributed by atoms with E-state index in [0.29, 0.717) is 11.2 Å². The van der Waals surface area contributed by atoms with E-state index in [0.717, 1.165) is 31.9 Å². The van der Waals surface area contributed by atoms with Gasteiger partial charge in [-0.2, -0.15) is 0 Å². The average molecular weight is 538 g/mol. The molecule has 7 heteroatoms. The largest absolute Gasteiger partial charge is 0.310 e. The maximum Gasteiger partial charge on any atom is 0.280 e. The van der Waals surface area contributed by atoms with E-state index >= 15 is 0 Å². The van der Waals surface area contributed by atoms with Gasteiger partial charge < -0.3 is 4.40 Å². The Bertz CT molecular complexity index is 2020. The Morgan fingerprint density at radius 2 is 1.23 bits per heavy atom. The van der Waals surface area contributed by atoms with Gasteiger partial charge in [0.05, 0.1) is 33.7 Å². The van der Waals surface area contributed by atoms with Crippen molar-refractivity contribution >= 4 is 62.8 Å². The Morgan fingerprint density at radius 1 is 0.625 bits per heavy atom. The molecule has 8 rings (SSSR count). The first-order valence-electron chi connectivity index (χ1n) is 12.8. The maximum absolute atomic E-state index is 14.8. The van der Waals surface area contributed by atoms with Gasteiger partial charge in [-0.15, -0.1) is 0 Å². The van der Waals surface area contributed by atoms with E-state index in [-0.39, 0.29) is 22.7 Å². The van der Waals surface area contributed by atoms with E-state index in [9.17, 15) is 14.4 Å². The highest BCUT2D eigenvalue weighted by Crippen LogP contribution is 2.49. The van der Waals surface area contributed by atoms with E-state index in [2.05, 4.69) is 0 Å². The highest BCUT2D eigenvalue weighted by molar-refractivity contribution is 7.99. The second-order valence-electron chi connectivity index (χ2n) is 9.68. The number of aromatic nitrogens is 1. The fraction of sp³-hybridized carbons (Fsp3) is 0. The normalized spacial score (nSPS) is 14.0. The van der Waals surface area contributed by atoms with Crippen LogP contribution in [0.3, 0.4) is 0 Å². The van der Waals surface area contributed by atoms with Gasteiger partial charge in [0.15, 0.2) is 0 Å². The molecule has 0 spiro atoms. The van der Waals surface area contributed by atoms with Crippen molar-refractivity contribution in [3.63, 3.8) is 0 Å². The topological polar surface area (TPSA) is 62.1 Å². The lowest BCUT2D eigenvalue weighted by molar-refractivity contribution is 0.0916. The predicted octanol–water partition coefficient (Wildman–Crippen LogP) is 7.34. The summed E-state index contributed by atoms with van der Waals surface area (Å²) < 4.78 is 1.72. The molecule has 4 heterocycles. The van der Waals surface area contributed by atoms with E-state index in [1.807, 2.05) is 84.9 Å². The smallest absolute Gasteiger partial charge is 0.280 e. The highest BCUT2D eigenvalue weighted by atomic mass is 32.2. The van der Waals surface area contributed by atoms with E-state index in [4.69, 9.17) is 0 Å². The lowest BCUT2D eigenvalue weighted by Gasteiger charge is -2.31. The van der Waals surface area contributed by atoms with Crippen molar-refractivity contribution in [3.8, 4) is 0 Å². The van der Waals surface area contributed by atoms with Crippen LogP contribution in [0.4, 0.5) is 17.1 Å². The summed E-state index contributed by atoms with van der Waals surface area (Å²) in [6.45, 7) is 0. The number of para-hydroxylation sites is 3. The summed E-state index contributed by atoms with van der Waals surface area (Å²) in [6, 6.07) is 33.9. The van der Waals surface area contributed by atoms with Gasteiger partial charge in [-0.3, -0.25) is 19.3 Å².